The van der Waals surface area contributed by atoms with Crippen LogP contribution in [0.4, 0.5) is 5.69 Å². The van der Waals surface area contributed by atoms with E-state index in [1.807, 2.05) is 42.5 Å². The Morgan fingerprint density at radius 2 is 1.75 bits per heavy atom. The molecule has 5 heteroatoms. The van der Waals surface area contributed by atoms with Crippen LogP contribution in [0.5, 0.6) is 0 Å². The van der Waals surface area contributed by atoms with Gasteiger partial charge in [0, 0.05) is 24.4 Å². The quantitative estimate of drug-likeness (QED) is 0.661. The van der Waals surface area contributed by atoms with Crippen molar-refractivity contribution >= 4 is 34.4 Å². The number of oxazole rings is 1. The van der Waals surface area contributed by atoms with Crippen LogP contribution >= 0.6 is 0 Å². The summed E-state index contributed by atoms with van der Waals surface area (Å²) in [7, 11) is 0. The van der Waals surface area contributed by atoms with Gasteiger partial charge in [0.2, 0.25) is 5.89 Å². The summed E-state index contributed by atoms with van der Waals surface area (Å²) in [5.41, 5.74) is 4.11. The van der Waals surface area contributed by atoms with Crippen LogP contribution in [0.1, 0.15) is 43.6 Å². The summed E-state index contributed by atoms with van der Waals surface area (Å²) in [6, 6.07) is 15.7. The second kappa shape index (κ2) is 8.30. The molecule has 1 N–H and O–H groups in total. The molecule has 28 heavy (non-hydrogen) atoms. The Hall–Kier alpha value is -3.08. The summed E-state index contributed by atoms with van der Waals surface area (Å²) in [5.74, 6) is -0.546. The molecule has 0 saturated carbocycles. The van der Waals surface area contributed by atoms with Crippen molar-refractivity contribution in [3.05, 3.63) is 60.0 Å². The van der Waals surface area contributed by atoms with Crippen LogP contribution in [0.25, 0.3) is 22.7 Å². The highest BCUT2D eigenvalue weighted by Crippen LogP contribution is 2.26. The smallest absolute Gasteiger partial charge is 0.308 e. The number of hydrogen-bond donors (Lipinski definition) is 1. The molecule has 1 aliphatic heterocycles. The van der Waals surface area contributed by atoms with Crippen molar-refractivity contribution in [2.75, 3.05) is 18.0 Å². The first-order valence-corrected chi connectivity index (χ1v) is 9.82. The second-order valence-electron chi connectivity index (χ2n) is 7.22. The number of carboxylic acids is 1. The van der Waals surface area contributed by atoms with Crippen molar-refractivity contribution in [1.82, 2.24) is 4.98 Å². The van der Waals surface area contributed by atoms with E-state index in [9.17, 15) is 9.90 Å². The van der Waals surface area contributed by atoms with E-state index in [0.29, 0.717) is 17.0 Å². The lowest BCUT2D eigenvalue weighted by Crippen LogP contribution is -2.23. The normalized spacial score (nSPS) is 15.6. The predicted octanol–water partition coefficient (Wildman–Crippen LogP) is 5.22. The molecule has 0 atom stereocenters. The first-order chi connectivity index (χ1) is 13.7. The molecule has 0 amide bonds. The molecule has 5 nitrogen and oxygen atoms in total. The van der Waals surface area contributed by atoms with Crippen LogP contribution in [-0.2, 0) is 4.79 Å². The molecule has 0 bridgehead atoms. The number of aliphatic carboxylic acids is 1. The Morgan fingerprint density at radius 1 is 1.04 bits per heavy atom. The fourth-order valence-electron chi connectivity index (χ4n) is 3.67. The second-order valence-corrected chi connectivity index (χ2v) is 7.22. The molecular formula is C23H24N2O3. The number of nitrogens with zero attached hydrogens (tertiary/aromatic N) is 2. The number of rotatable bonds is 5. The van der Waals surface area contributed by atoms with Gasteiger partial charge >= 0.3 is 5.97 Å². The zero-order valence-electron chi connectivity index (χ0n) is 15.8. The van der Waals surface area contributed by atoms with Crippen molar-refractivity contribution in [2.24, 2.45) is 0 Å². The maximum absolute atomic E-state index is 11.4. The van der Waals surface area contributed by atoms with E-state index in [0.717, 1.165) is 24.2 Å². The minimum atomic E-state index is -0.908. The minimum Gasteiger partial charge on any atom is -0.481 e. The van der Waals surface area contributed by atoms with Crippen molar-refractivity contribution in [3.63, 3.8) is 0 Å². The van der Waals surface area contributed by atoms with Crippen LogP contribution in [0, 0.1) is 0 Å². The number of carbonyl (C=O) groups is 1. The number of aromatic nitrogens is 1. The Morgan fingerprint density at radius 3 is 2.43 bits per heavy atom. The number of hydrogen-bond acceptors (Lipinski definition) is 4. The van der Waals surface area contributed by atoms with E-state index in [-0.39, 0.29) is 6.42 Å². The summed E-state index contributed by atoms with van der Waals surface area (Å²) in [4.78, 5) is 18.3. The van der Waals surface area contributed by atoms with Crippen LogP contribution in [0.3, 0.4) is 0 Å². The van der Waals surface area contributed by atoms with E-state index in [1.54, 1.807) is 0 Å². The molecule has 1 aromatic heterocycles. The third-order valence-corrected chi connectivity index (χ3v) is 5.12. The van der Waals surface area contributed by atoms with Gasteiger partial charge in [-0.15, -0.1) is 0 Å². The standard InChI is InChI=1S/C23H24N2O3/c26-22(27)16-18(23-24-20-7-3-4-8-21(20)28-23)15-17-9-11-19(12-10-17)25-13-5-1-2-6-14-25/h3-4,7-12,15H,1-2,5-6,13-14,16H2,(H,26,27)/b18-15+. The third-order valence-electron chi connectivity index (χ3n) is 5.12. The summed E-state index contributed by atoms with van der Waals surface area (Å²) in [6.45, 7) is 2.20. The number of fused-ring (bicyclic) bond motifs is 1. The summed E-state index contributed by atoms with van der Waals surface area (Å²) >= 11 is 0. The van der Waals surface area contributed by atoms with Gasteiger partial charge < -0.3 is 14.4 Å². The lowest BCUT2D eigenvalue weighted by Gasteiger charge is -2.22. The van der Waals surface area contributed by atoms with E-state index in [2.05, 4.69) is 22.0 Å². The van der Waals surface area contributed by atoms with Gasteiger partial charge in [-0.25, -0.2) is 4.98 Å². The average molecular weight is 376 g/mol. The Balaban J connectivity index is 1.61. The van der Waals surface area contributed by atoms with Gasteiger partial charge in [-0.2, -0.15) is 0 Å². The number of anilines is 1. The summed E-state index contributed by atoms with van der Waals surface area (Å²) in [6.07, 6.45) is 6.80. The minimum absolute atomic E-state index is 0.138. The van der Waals surface area contributed by atoms with Crippen LogP contribution in [0.15, 0.2) is 52.9 Å². The third kappa shape index (κ3) is 4.25. The number of carboxylic acid groups (broad SMARTS) is 1. The molecule has 2 aromatic carbocycles. The van der Waals surface area contributed by atoms with Crippen molar-refractivity contribution < 1.29 is 14.3 Å². The lowest BCUT2D eigenvalue weighted by atomic mass is 10.1. The lowest BCUT2D eigenvalue weighted by molar-refractivity contribution is -0.135. The zero-order valence-corrected chi connectivity index (χ0v) is 15.8. The molecule has 0 spiro atoms. The Kier molecular flexibility index (Phi) is 5.42. The summed E-state index contributed by atoms with van der Waals surface area (Å²) in [5, 5.41) is 9.32. The summed E-state index contributed by atoms with van der Waals surface area (Å²) < 4.78 is 5.79. The van der Waals surface area contributed by atoms with Crippen molar-refractivity contribution in [1.29, 1.82) is 0 Å². The molecule has 1 aliphatic rings. The Bertz CT molecular complexity index is 948. The van der Waals surface area contributed by atoms with Crippen LogP contribution < -0.4 is 4.90 Å². The molecule has 4 rings (SSSR count). The van der Waals surface area contributed by atoms with Gasteiger partial charge in [-0.1, -0.05) is 37.1 Å². The fraction of sp³-hybridized carbons (Fsp3) is 0.304. The van der Waals surface area contributed by atoms with Gasteiger partial charge in [0.15, 0.2) is 5.58 Å². The predicted molar refractivity (Wildman–Crippen MR) is 111 cm³/mol. The van der Waals surface area contributed by atoms with Gasteiger partial charge in [0.1, 0.15) is 5.52 Å². The molecule has 2 heterocycles. The molecule has 0 unspecified atom stereocenters. The first kappa shape index (κ1) is 18.3. The highest BCUT2D eigenvalue weighted by molar-refractivity contribution is 5.91. The maximum atomic E-state index is 11.4. The SMILES string of the molecule is O=C(O)C/C(=C\c1ccc(N2CCCCCC2)cc1)c1nc2ccccc2o1. The molecule has 1 fully saturated rings. The van der Waals surface area contributed by atoms with Gasteiger partial charge in [-0.3, -0.25) is 4.79 Å². The van der Waals surface area contributed by atoms with Crippen molar-refractivity contribution in [2.45, 2.75) is 32.1 Å². The largest absolute Gasteiger partial charge is 0.481 e. The van der Waals surface area contributed by atoms with Crippen LogP contribution in [-0.4, -0.2) is 29.1 Å². The van der Waals surface area contributed by atoms with E-state index in [4.69, 9.17) is 4.42 Å². The molecule has 0 aliphatic carbocycles. The van der Waals surface area contributed by atoms with Gasteiger partial charge in [-0.05, 0) is 48.7 Å². The highest BCUT2D eigenvalue weighted by Gasteiger charge is 2.15. The molecule has 144 valence electrons. The van der Waals surface area contributed by atoms with Gasteiger partial charge in [0.05, 0.1) is 6.42 Å². The van der Waals surface area contributed by atoms with Gasteiger partial charge in [0.25, 0.3) is 0 Å². The topological polar surface area (TPSA) is 66.6 Å². The monoisotopic (exact) mass is 376 g/mol. The first-order valence-electron chi connectivity index (χ1n) is 9.82. The highest BCUT2D eigenvalue weighted by atomic mass is 16.4. The average Bonchev–Trinajstić information content (AvgIpc) is 2.94. The molecule has 0 radical (unpaired) electrons. The van der Waals surface area contributed by atoms with E-state index >= 15 is 0 Å². The number of benzene rings is 2. The van der Waals surface area contributed by atoms with Crippen molar-refractivity contribution in [3.8, 4) is 0 Å². The number of para-hydroxylation sites is 2. The molecular weight excluding hydrogens is 352 g/mol. The molecule has 3 aromatic rings. The molecule has 1 saturated heterocycles. The fourth-order valence-corrected chi connectivity index (χ4v) is 3.67. The van der Waals surface area contributed by atoms with E-state index in [1.165, 1.54) is 31.4 Å². The van der Waals surface area contributed by atoms with Crippen LogP contribution in [0.2, 0.25) is 0 Å². The maximum Gasteiger partial charge on any atom is 0.308 e. The Labute approximate surface area is 164 Å². The van der Waals surface area contributed by atoms with E-state index < -0.39 is 5.97 Å². The zero-order chi connectivity index (χ0) is 19.3.